The van der Waals surface area contributed by atoms with Crippen molar-refractivity contribution >= 4 is 12.7 Å². The largest absolute Gasteiger partial charge is 0.439 e. The van der Waals surface area contributed by atoms with Crippen molar-refractivity contribution < 1.29 is 9.09 Å². The summed E-state index contributed by atoms with van der Waals surface area (Å²) in [5.41, 5.74) is 2.04. The van der Waals surface area contributed by atoms with Crippen LogP contribution in [0.4, 0.5) is 0 Å². The molecule has 0 radical (unpaired) electrons. The molecule has 108 valence electrons. The number of benzene rings is 2. The quantitative estimate of drug-likeness (QED) is 0.613. The fourth-order valence-corrected chi connectivity index (χ4v) is 3.68. The van der Waals surface area contributed by atoms with Crippen molar-refractivity contribution in [2.24, 2.45) is 0 Å². The molecule has 1 aliphatic rings. The Morgan fingerprint density at radius 2 is 1.30 bits per heavy atom. The van der Waals surface area contributed by atoms with Gasteiger partial charge in [-0.25, -0.2) is 0 Å². The van der Waals surface area contributed by atoms with Crippen LogP contribution in [0.3, 0.4) is 0 Å². The van der Waals surface area contributed by atoms with E-state index in [0.29, 0.717) is 5.75 Å². The van der Waals surface area contributed by atoms with Crippen molar-refractivity contribution in [3.05, 3.63) is 48.5 Å². The van der Waals surface area contributed by atoms with Crippen LogP contribution >= 0.6 is 7.37 Å². The van der Waals surface area contributed by atoms with Gasteiger partial charge in [-0.15, -0.1) is 0 Å². The van der Waals surface area contributed by atoms with Crippen LogP contribution < -0.4 is 9.83 Å². The Labute approximate surface area is 122 Å². The minimum atomic E-state index is -2.71. The monoisotopic (exact) mass is 290 g/mol. The maximum atomic E-state index is 12.4. The molecule has 0 fully saturated rings. The van der Waals surface area contributed by atoms with E-state index in [9.17, 15) is 4.57 Å². The van der Waals surface area contributed by atoms with E-state index in [2.05, 4.69) is 0 Å². The van der Waals surface area contributed by atoms with Gasteiger partial charge in [0.25, 0.3) is 7.37 Å². The summed E-state index contributed by atoms with van der Waals surface area (Å²) in [7, 11) is -2.71. The van der Waals surface area contributed by atoms with Gasteiger partial charge in [-0.05, 0) is 17.7 Å². The molecule has 1 heterocycles. The van der Waals surface area contributed by atoms with Gasteiger partial charge in [0, 0.05) is 12.2 Å². The van der Waals surface area contributed by atoms with E-state index in [4.69, 9.17) is 4.52 Å². The Morgan fingerprint density at radius 1 is 0.800 bits per heavy atom. The summed E-state index contributed by atoms with van der Waals surface area (Å²) in [6, 6.07) is 15.4. The third-order valence-corrected chi connectivity index (χ3v) is 4.60. The van der Waals surface area contributed by atoms with Crippen molar-refractivity contribution in [2.75, 3.05) is 6.66 Å². The molecule has 2 aromatic carbocycles. The molecule has 20 heavy (non-hydrogen) atoms. The van der Waals surface area contributed by atoms with Crippen LogP contribution in [0.5, 0.6) is 5.75 Å². The summed E-state index contributed by atoms with van der Waals surface area (Å²) in [6.45, 7) is 9.67. The van der Waals surface area contributed by atoms with E-state index in [1.54, 1.807) is 6.66 Å². The molecule has 0 aromatic heterocycles. The fraction of sp³-hybridized carbons (Fsp3) is 0.294. The summed E-state index contributed by atoms with van der Waals surface area (Å²) in [4.78, 5) is 0. The van der Waals surface area contributed by atoms with Crippen LogP contribution in [-0.2, 0) is 4.57 Å². The smallest absolute Gasteiger partial charge is 0.274 e. The Morgan fingerprint density at radius 3 is 1.95 bits per heavy atom. The lowest BCUT2D eigenvalue weighted by atomic mass is 10.0. The first-order chi connectivity index (χ1) is 9.68. The van der Waals surface area contributed by atoms with Gasteiger partial charge in [0.2, 0.25) is 0 Å². The number of fused-ring (bicyclic) bond motifs is 3. The average Bonchev–Trinajstić information content (AvgIpc) is 2.51. The number of hydrogen-bond donors (Lipinski definition) is 0. The van der Waals surface area contributed by atoms with Gasteiger partial charge in [0.15, 0.2) is 0 Å². The number of hydrogen-bond acceptors (Lipinski definition) is 2. The summed E-state index contributed by atoms with van der Waals surface area (Å²) in [6.07, 6.45) is 0. The Hall–Kier alpha value is -1.53. The highest BCUT2D eigenvalue weighted by molar-refractivity contribution is 7.67. The third-order valence-electron chi connectivity index (χ3n) is 2.79. The first-order valence-corrected chi connectivity index (χ1v) is 9.22. The fourth-order valence-electron chi connectivity index (χ4n) is 2.06. The average molecular weight is 290 g/mol. The molecule has 3 rings (SSSR count). The molecule has 0 spiro atoms. The summed E-state index contributed by atoms with van der Waals surface area (Å²) >= 11 is 0. The molecule has 0 bridgehead atoms. The Balaban J connectivity index is 0.000000461. The molecule has 0 aliphatic carbocycles. The van der Waals surface area contributed by atoms with Crippen LogP contribution in [0.15, 0.2) is 48.5 Å². The summed E-state index contributed by atoms with van der Waals surface area (Å²) in [5.74, 6) is 0.715. The molecule has 0 N–H and O–H groups in total. The van der Waals surface area contributed by atoms with E-state index >= 15 is 0 Å². The van der Waals surface area contributed by atoms with Crippen molar-refractivity contribution in [3.63, 3.8) is 0 Å². The topological polar surface area (TPSA) is 26.3 Å². The highest BCUT2D eigenvalue weighted by atomic mass is 31.2. The van der Waals surface area contributed by atoms with Crippen molar-refractivity contribution in [1.29, 1.82) is 0 Å². The van der Waals surface area contributed by atoms with Gasteiger partial charge in [-0.2, -0.15) is 0 Å². The lowest BCUT2D eigenvalue weighted by Gasteiger charge is -2.25. The van der Waals surface area contributed by atoms with Gasteiger partial charge in [0.05, 0.1) is 5.30 Å². The van der Waals surface area contributed by atoms with E-state index in [1.807, 2.05) is 76.2 Å². The van der Waals surface area contributed by atoms with Crippen LogP contribution in [0.25, 0.3) is 11.1 Å². The van der Waals surface area contributed by atoms with Gasteiger partial charge in [-0.1, -0.05) is 64.1 Å². The minimum absolute atomic E-state index is 0.715. The van der Waals surface area contributed by atoms with Crippen LogP contribution in [-0.4, -0.2) is 6.66 Å². The zero-order valence-corrected chi connectivity index (χ0v) is 13.8. The molecule has 0 unspecified atom stereocenters. The molecule has 3 heteroatoms. The number of para-hydroxylation sites is 1. The zero-order valence-electron chi connectivity index (χ0n) is 12.9. The second-order valence-electron chi connectivity index (χ2n) is 3.95. The predicted octanol–water partition coefficient (Wildman–Crippen LogP) is 5.33. The van der Waals surface area contributed by atoms with E-state index in [0.717, 1.165) is 16.4 Å². The molecular weight excluding hydrogens is 267 g/mol. The normalized spacial score (nSPS) is 18.1. The van der Waals surface area contributed by atoms with E-state index in [1.165, 1.54) is 0 Å². The predicted molar refractivity (Wildman–Crippen MR) is 88.4 cm³/mol. The number of rotatable bonds is 0. The first kappa shape index (κ1) is 16.5. The lowest BCUT2D eigenvalue weighted by Crippen LogP contribution is -2.16. The van der Waals surface area contributed by atoms with Crippen LogP contribution in [0, 0.1) is 0 Å². The van der Waals surface area contributed by atoms with Gasteiger partial charge in [-0.3, -0.25) is 4.57 Å². The molecule has 0 amide bonds. The molecule has 2 aromatic rings. The SMILES string of the molecule is CC.CC.C[P@@]1(=O)Oc2ccccc2-c2ccccc21. The molecule has 0 saturated carbocycles. The zero-order chi connectivity index (χ0) is 15.2. The second kappa shape index (κ2) is 7.31. The highest BCUT2D eigenvalue weighted by Gasteiger charge is 2.30. The van der Waals surface area contributed by atoms with Crippen molar-refractivity contribution in [3.8, 4) is 16.9 Å². The van der Waals surface area contributed by atoms with Crippen molar-refractivity contribution in [2.45, 2.75) is 27.7 Å². The molecule has 1 aliphatic heterocycles. The molecule has 1 atom stereocenters. The lowest BCUT2D eigenvalue weighted by molar-refractivity contribution is 0.497. The van der Waals surface area contributed by atoms with Gasteiger partial charge in [0.1, 0.15) is 5.75 Å². The van der Waals surface area contributed by atoms with Gasteiger partial charge < -0.3 is 4.52 Å². The van der Waals surface area contributed by atoms with E-state index < -0.39 is 7.37 Å². The maximum Gasteiger partial charge on any atom is 0.274 e. The first-order valence-electron chi connectivity index (χ1n) is 7.14. The molecule has 2 nitrogen and oxygen atoms in total. The maximum absolute atomic E-state index is 12.4. The summed E-state index contributed by atoms with van der Waals surface area (Å²) < 4.78 is 18.0. The van der Waals surface area contributed by atoms with E-state index in [-0.39, 0.29) is 0 Å². The molecule has 0 saturated heterocycles. The highest BCUT2D eigenvalue weighted by Crippen LogP contribution is 2.51. The van der Waals surface area contributed by atoms with Gasteiger partial charge >= 0.3 is 0 Å². The second-order valence-corrected chi connectivity index (χ2v) is 6.31. The van der Waals surface area contributed by atoms with Crippen LogP contribution in [0.1, 0.15) is 27.7 Å². The third kappa shape index (κ3) is 3.13. The summed E-state index contributed by atoms with van der Waals surface area (Å²) in [5, 5.41) is 0.814. The molecular formula is C17H23O2P. The van der Waals surface area contributed by atoms with Crippen molar-refractivity contribution in [1.82, 2.24) is 0 Å². The Bertz CT molecular complexity index is 605. The van der Waals surface area contributed by atoms with Crippen LogP contribution in [0.2, 0.25) is 0 Å². The minimum Gasteiger partial charge on any atom is -0.439 e. The standard InChI is InChI=1S/C13H11O2P.2C2H6/c1-16(14)13-9-5-3-7-11(13)10-6-2-4-8-12(10)15-16;2*1-2/h2-9H,1H3;2*1-2H3/t16-;;/m1../s1. The Kier molecular flexibility index (Phi) is 6.04.